The van der Waals surface area contributed by atoms with Crippen molar-refractivity contribution in [1.82, 2.24) is 5.32 Å². The summed E-state index contributed by atoms with van der Waals surface area (Å²) in [7, 11) is 0. The van der Waals surface area contributed by atoms with E-state index in [9.17, 15) is 14.0 Å². The monoisotopic (exact) mass is 454 g/mol. The van der Waals surface area contributed by atoms with Crippen molar-refractivity contribution in [2.45, 2.75) is 36.6 Å². The molecule has 4 nitrogen and oxygen atoms in total. The smallest absolute Gasteiger partial charge is 0.251 e. The molecule has 2 aromatic carbocycles. The molecule has 1 aromatic heterocycles. The summed E-state index contributed by atoms with van der Waals surface area (Å²) in [6.07, 6.45) is 2.83. The lowest BCUT2D eigenvalue weighted by molar-refractivity contribution is -0.116. The van der Waals surface area contributed by atoms with Crippen molar-refractivity contribution in [2.24, 2.45) is 0 Å². The zero-order valence-electron chi connectivity index (χ0n) is 16.9. The van der Waals surface area contributed by atoms with Gasteiger partial charge in [0.1, 0.15) is 5.82 Å². The Kier molecular flexibility index (Phi) is 7.04. The van der Waals surface area contributed by atoms with Crippen molar-refractivity contribution in [1.29, 1.82) is 0 Å². The van der Waals surface area contributed by atoms with Crippen LogP contribution in [0.25, 0.3) is 0 Å². The Hall–Kier alpha value is -2.64. The standard InChI is InChI=1S/C24H23FN2O2S2/c25-20-10-3-9-19-21(12-14-31-23(19)20)27-24(29)16-5-1-6-17(15-16)26-22(28)11-2-7-18-8-4-13-30-18/h1,3-6,8-10,13,15,21H,2,7,11-12,14H2,(H,26,28)(H,27,29). The average Bonchev–Trinajstić information content (AvgIpc) is 3.28. The number of thiophene rings is 1. The van der Waals surface area contributed by atoms with E-state index in [-0.39, 0.29) is 23.7 Å². The summed E-state index contributed by atoms with van der Waals surface area (Å²) in [6.45, 7) is 0. The third-order valence-electron chi connectivity index (χ3n) is 5.15. The van der Waals surface area contributed by atoms with Crippen LogP contribution in [0, 0.1) is 5.82 Å². The Morgan fingerprint density at radius 3 is 2.81 bits per heavy atom. The Balaban J connectivity index is 1.35. The molecule has 0 saturated carbocycles. The normalized spacial score (nSPS) is 15.2. The highest BCUT2D eigenvalue weighted by Gasteiger charge is 2.24. The molecular weight excluding hydrogens is 431 g/mol. The molecule has 1 aliphatic heterocycles. The number of hydrogen-bond acceptors (Lipinski definition) is 4. The Labute approximate surface area is 189 Å². The Morgan fingerprint density at radius 1 is 1.10 bits per heavy atom. The van der Waals surface area contributed by atoms with Gasteiger partial charge in [0.2, 0.25) is 5.91 Å². The first kappa shape index (κ1) is 21.6. The highest BCUT2D eigenvalue weighted by molar-refractivity contribution is 7.99. The van der Waals surface area contributed by atoms with Crippen LogP contribution in [0.3, 0.4) is 0 Å². The van der Waals surface area contributed by atoms with Gasteiger partial charge in [-0.1, -0.05) is 24.3 Å². The van der Waals surface area contributed by atoms with Crippen LogP contribution in [0.1, 0.15) is 46.1 Å². The highest BCUT2D eigenvalue weighted by atomic mass is 32.2. The molecule has 2 heterocycles. The van der Waals surface area contributed by atoms with Gasteiger partial charge in [-0.3, -0.25) is 9.59 Å². The lowest BCUT2D eigenvalue weighted by Gasteiger charge is -2.26. The van der Waals surface area contributed by atoms with Crippen molar-refractivity contribution in [2.75, 3.05) is 11.1 Å². The van der Waals surface area contributed by atoms with Gasteiger partial charge in [-0.15, -0.1) is 23.1 Å². The fourth-order valence-corrected chi connectivity index (χ4v) is 5.51. The molecule has 3 aromatic rings. The van der Waals surface area contributed by atoms with Crippen LogP contribution in [0.15, 0.2) is 64.9 Å². The quantitative estimate of drug-likeness (QED) is 0.473. The molecule has 160 valence electrons. The number of rotatable bonds is 7. The third kappa shape index (κ3) is 5.54. The van der Waals surface area contributed by atoms with Crippen molar-refractivity contribution in [3.05, 3.63) is 81.8 Å². The minimum absolute atomic E-state index is 0.0668. The number of thioether (sulfide) groups is 1. The topological polar surface area (TPSA) is 58.2 Å². The van der Waals surface area contributed by atoms with Crippen LogP contribution in [0.4, 0.5) is 10.1 Å². The van der Waals surface area contributed by atoms with Gasteiger partial charge >= 0.3 is 0 Å². The van der Waals surface area contributed by atoms with Crippen molar-refractivity contribution >= 4 is 40.6 Å². The molecule has 1 atom stereocenters. The maximum absolute atomic E-state index is 14.1. The lowest BCUT2D eigenvalue weighted by atomic mass is 10.0. The van der Waals surface area contributed by atoms with Gasteiger partial charge in [-0.2, -0.15) is 0 Å². The van der Waals surface area contributed by atoms with Crippen molar-refractivity contribution in [3.63, 3.8) is 0 Å². The minimum atomic E-state index is -0.245. The average molecular weight is 455 g/mol. The van der Waals surface area contributed by atoms with Gasteiger partial charge in [0.15, 0.2) is 0 Å². The number of nitrogens with one attached hydrogen (secondary N) is 2. The van der Waals surface area contributed by atoms with Gasteiger partial charge < -0.3 is 10.6 Å². The second-order valence-electron chi connectivity index (χ2n) is 7.38. The molecule has 4 rings (SSSR count). The maximum atomic E-state index is 14.1. The van der Waals surface area contributed by atoms with E-state index < -0.39 is 0 Å². The molecule has 0 fully saturated rings. The van der Waals surface area contributed by atoms with Gasteiger partial charge in [0.05, 0.1) is 6.04 Å². The molecule has 1 unspecified atom stereocenters. The molecule has 7 heteroatoms. The summed E-state index contributed by atoms with van der Waals surface area (Å²) in [5, 5.41) is 7.93. The van der Waals surface area contributed by atoms with Gasteiger partial charge in [0, 0.05) is 33.2 Å². The molecule has 0 spiro atoms. The van der Waals surface area contributed by atoms with Gasteiger partial charge in [0.25, 0.3) is 5.91 Å². The predicted molar refractivity (Wildman–Crippen MR) is 124 cm³/mol. The first-order chi connectivity index (χ1) is 15.1. The van der Waals surface area contributed by atoms with Crippen LogP contribution in [0.5, 0.6) is 0 Å². The summed E-state index contributed by atoms with van der Waals surface area (Å²) in [4.78, 5) is 27.0. The van der Waals surface area contributed by atoms with E-state index in [0.717, 1.165) is 30.6 Å². The molecular formula is C24H23FN2O2S2. The molecule has 31 heavy (non-hydrogen) atoms. The molecule has 0 radical (unpaired) electrons. The van der Waals surface area contributed by atoms with Crippen LogP contribution in [-0.2, 0) is 11.2 Å². The second-order valence-corrected chi connectivity index (χ2v) is 9.52. The SMILES string of the molecule is O=C(CCCc1cccs1)Nc1cccc(C(=O)NC2CCSc3c(F)cccc32)c1. The first-order valence-electron chi connectivity index (χ1n) is 10.2. The molecule has 2 amide bonds. The van der Waals surface area contributed by atoms with E-state index in [2.05, 4.69) is 16.7 Å². The molecule has 0 bridgehead atoms. The van der Waals surface area contributed by atoms with Crippen molar-refractivity contribution in [3.8, 4) is 0 Å². The van der Waals surface area contributed by atoms with Gasteiger partial charge in [-0.25, -0.2) is 4.39 Å². The second kappa shape index (κ2) is 10.1. The number of fused-ring (bicyclic) bond motifs is 1. The summed E-state index contributed by atoms with van der Waals surface area (Å²) < 4.78 is 14.1. The van der Waals surface area contributed by atoms with E-state index in [1.54, 1.807) is 41.7 Å². The number of carbonyl (C=O) groups is 2. The van der Waals surface area contributed by atoms with Crippen LogP contribution >= 0.6 is 23.1 Å². The summed E-state index contributed by atoms with van der Waals surface area (Å²) >= 11 is 3.18. The molecule has 1 aliphatic rings. The Morgan fingerprint density at radius 2 is 1.97 bits per heavy atom. The van der Waals surface area contributed by atoms with E-state index in [1.807, 2.05) is 17.5 Å². The Bertz CT molecular complexity index is 1070. The van der Waals surface area contributed by atoms with E-state index in [0.29, 0.717) is 22.6 Å². The van der Waals surface area contributed by atoms with Crippen LogP contribution < -0.4 is 10.6 Å². The number of anilines is 1. The summed E-state index contributed by atoms with van der Waals surface area (Å²) in [5.74, 6) is 0.203. The van der Waals surface area contributed by atoms with Crippen LogP contribution in [0.2, 0.25) is 0 Å². The zero-order chi connectivity index (χ0) is 21.6. The van der Waals surface area contributed by atoms with E-state index >= 15 is 0 Å². The fraction of sp³-hybridized carbons (Fsp3) is 0.250. The fourth-order valence-electron chi connectivity index (χ4n) is 3.62. The van der Waals surface area contributed by atoms with Gasteiger partial charge in [-0.05, 0) is 60.5 Å². The maximum Gasteiger partial charge on any atom is 0.251 e. The number of carbonyl (C=O) groups excluding carboxylic acids is 2. The summed E-state index contributed by atoms with van der Waals surface area (Å²) in [5.41, 5.74) is 1.88. The number of amides is 2. The molecule has 0 saturated heterocycles. The van der Waals surface area contributed by atoms with E-state index in [1.165, 1.54) is 22.7 Å². The number of benzene rings is 2. The zero-order valence-corrected chi connectivity index (χ0v) is 18.5. The first-order valence-corrected chi connectivity index (χ1v) is 12.1. The summed E-state index contributed by atoms with van der Waals surface area (Å²) in [6, 6.07) is 15.8. The van der Waals surface area contributed by atoms with Crippen LogP contribution in [-0.4, -0.2) is 17.6 Å². The largest absolute Gasteiger partial charge is 0.345 e. The number of hydrogen-bond donors (Lipinski definition) is 2. The number of aryl methyl sites for hydroxylation is 1. The minimum Gasteiger partial charge on any atom is -0.345 e. The highest BCUT2D eigenvalue weighted by Crippen LogP contribution is 2.37. The van der Waals surface area contributed by atoms with E-state index in [4.69, 9.17) is 0 Å². The number of halogens is 1. The predicted octanol–water partition coefficient (Wildman–Crippen LogP) is 5.82. The molecule has 2 N–H and O–H groups in total. The van der Waals surface area contributed by atoms with Crippen molar-refractivity contribution < 1.29 is 14.0 Å². The third-order valence-corrected chi connectivity index (χ3v) is 7.24. The lowest BCUT2D eigenvalue weighted by Crippen LogP contribution is -2.31. The molecule has 0 aliphatic carbocycles.